The Morgan fingerprint density at radius 2 is 1.94 bits per heavy atom. The van der Waals surface area contributed by atoms with E-state index in [-0.39, 0.29) is 0 Å². The van der Waals surface area contributed by atoms with Crippen LogP contribution in [0, 0.1) is 6.92 Å². The molecule has 1 amide bonds. The number of nitrogens with one attached hydrogen (secondary N) is 2. The van der Waals surface area contributed by atoms with E-state index in [0.717, 1.165) is 11.2 Å². The molecule has 0 aliphatic carbocycles. The Balaban J connectivity index is 1.76. The average molecular weight is 497 g/mol. The number of carbonyl (C=O) groups is 2. The Hall–Kier alpha value is -3.98. The van der Waals surface area contributed by atoms with E-state index in [1.807, 2.05) is 16.7 Å². The zero-order valence-corrected chi connectivity index (χ0v) is 20.5. The number of carbonyl (C=O) groups excluding carboxylic acids is 2. The predicted molar refractivity (Wildman–Crippen MR) is 133 cm³/mol. The molecule has 1 aliphatic rings. The Morgan fingerprint density at radius 1 is 1.14 bits per heavy atom. The Kier molecular flexibility index (Phi) is 6.97. The second kappa shape index (κ2) is 10.1. The molecular weight excluding hydrogens is 472 g/mol. The van der Waals surface area contributed by atoms with Gasteiger partial charge in [-0.05, 0) is 37.3 Å². The molecule has 2 aromatic heterocycles. The number of ether oxygens (including phenoxy) is 3. The molecule has 3 aromatic rings. The monoisotopic (exact) mass is 496 g/mol. The molecule has 1 aromatic carbocycles. The maximum Gasteiger partial charge on any atom is 0.296 e. The van der Waals surface area contributed by atoms with Crippen LogP contribution in [0.4, 0.5) is 5.69 Å². The number of dihydropyridines is 1. The van der Waals surface area contributed by atoms with E-state index in [0.29, 0.717) is 57.8 Å². The summed E-state index contributed by atoms with van der Waals surface area (Å²) in [6.07, 6.45) is 3.25. The maximum absolute atomic E-state index is 13.4. The van der Waals surface area contributed by atoms with E-state index in [4.69, 9.17) is 25.8 Å². The summed E-state index contributed by atoms with van der Waals surface area (Å²) in [7, 11) is 4.59. The minimum Gasteiger partial charge on any atom is -0.497 e. The van der Waals surface area contributed by atoms with Crippen molar-refractivity contribution in [3.63, 3.8) is 0 Å². The van der Waals surface area contributed by atoms with E-state index >= 15 is 0 Å². The van der Waals surface area contributed by atoms with Gasteiger partial charge in [0.1, 0.15) is 11.5 Å². The third-order valence-corrected chi connectivity index (χ3v) is 6.00. The molecule has 0 saturated heterocycles. The number of fused-ring (bicyclic) bond motifs is 1. The SMILES string of the molecule is COC1=C(Cn2c(C)c(C(=O)C(=O)Nc3ccnc(OC)c3)c3cc(OC)ccc32)NCC(Cl)=C1. The Bertz CT molecular complexity index is 1380. The van der Waals surface area contributed by atoms with Gasteiger partial charge in [-0.15, -0.1) is 0 Å². The first-order valence-corrected chi connectivity index (χ1v) is 11.1. The van der Waals surface area contributed by atoms with Crippen molar-refractivity contribution in [1.82, 2.24) is 14.9 Å². The molecule has 35 heavy (non-hydrogen) atoms. The quantitative estimate of drug-likeness (QED) is 0.361. The van der Waals surface area contributed by atoms with Crippen molar-refractivity contribution in [3.05, 3.63) is 70.4 Å². The standard InChI is InChI=1S/C25H25ClN4O5/c1-14-23(24(31)25(32)29-16-7-8-27-22(10-16)35-4)18-11-17(33-2)5-6-20(18)30(14)13-19-21(34-3)9-15(26)12-28-19/h5-11,28H,12-13H2,1-4H3,(H,27,29,32). The number of rotatable bonds is 8. The van der Waals surface area contributed by atoms with Gasteiger partial charge in [0.15, 0.2) is 0 Å². The highest BCUT2D eigenvalue weighted by molar-refractivity contribution is 6.48. The van der Waals surface area contributed by atoms with Gasteiger partial charge in [-0.25, -0.2) is 4.98 Å². The van der Waals surface area contributed by atoms with Crippen molar-refractivity contribution in [2.75, 3.05) is 33.2 Å². The molecule has 0 radical (unpaired) electrons. The van der Waals surface area contributed by atoms with Crippen molar-refractivity contribution in [2.24, 2.45) is 0 Å². The highest BCUT2D eigenvalue weighted by Gasteiger charge is 2.27. The lowest BCUT2D eigenvalue weighted by Gasteiger charge is -2.20. The predicted octanol–water partition coefficient (Wildman–Crippen LogP) is 3.77. The van der Waals surface area contributed by atoms with Gasteiger partial charge in [0.2, 0.25) is 5.88 Å². The van der Waals surface area contributed by atoms with Crippen molar-refractivity contribution >= 4 is 39.9 Å². The zero-order valence-electron chi connectivity index (χ0n) is 19.8. The fourth-order valence-electron chi connectivity index (χ4n) is 4.01. The van der Waals surface area contributed by atoms with Crippen LogP contribution in [0.3, 0.4) is 0 Å². The molecule has 9 nitrogen and oxygen atoms in total. The molecular formula is C25H25ClN4O5. The average Bonchev–Trinajstić information content (AvgIpc) is 3.14. The number of halogens is 1. The van der Waals surface area contributed by atoms with Gasteiger partial charge in [0, 0.05) is 39.6 Å². The number of ketones is 1. The fraction of sp³-hybridized carbons (Fsp3) is 0.240. The summed E-state index contributed by atoms with van der Waals surface area (Å²) in [5.74, 6) is 0.0592. The van der Waals surface area contributed by atoms with Crippen LogP contribution >= 0.6 is 11.6 Å². The number of anilines is 1. The van der Waals surface area contributed by atoms with Crippen molar-refractivity contribution in [2.45, 2.75) is 13.5 Å². The molecule has 0 unspecified atom stereocenters. The van der Waals surface area contributed by atoms with Crippen LogP contribution in [0.1, 0.15) is 16.1 Å². The van der Waals surface area contributed by atoms with E-state index in [2.05, 4.69) is 15.6 Å². The molecule has 0 fully saturated rings. The summed E-state index contributed by atoms with van der Waals surface area (Å²) >= 11 is 6.15. The van der Waals surface area contributed by atoms with Crippen molar-refractivity contribution in [3.8, 4) is 11.6 Å². The summed E-state index contributed by atoms with van der Waals surface area (Å²) in [6, 6.07) is 8.55. The third kappa shape index (κ3) is 4.81. The highest BCUT2D eigenvalue weighted by Crippen LogP contribution is 2.31. The molecule has 4 rings (SSSR count). The number of hydrogen-bond acceptors (Lipinski definition) is 7. The van der Waals surface area contributed by atoms with Gasteiger partial charge in [0.25, 0.3) is 11.7 Å². The normalized spacial score (nSPS) is 13.2. The molecule has 182 valence electrons. The molecule has 2 N–H and O–H groups in total. The second-order valence-electron chi connectivity index (χ2n) is 7.79. The Labute approximate surface area is 207 Å². The summed E-state index contributed by atoms with van der Waals surface area (Å²) in [4.78, 5) is 30.4. The molecule has 1 aliphatic heterocycles. The summed E-state index contributed by atoms with van der Waals surface area (Å²) < 4.78 is 17.9. The molecule has 0 bridgehead atoms. The number of aromatic nitrogens is 2. The molecule has 10 heteroatoms. The fourth-order valence-corrected chi connectivity index (χ4v) is 4.18. The Morgan fingerprint density at radius 3 is 2.66 bits per heavy atom. The van der Waals surface area contributed by atoms with Gasteiger partial charge in [-0.2, -0.15) is 0 Å². The minimum atomic E-state index is -0.773. The van der Waals surface area contributed by atoms with Crippen molar-refractivity contribution < 1.29 is 23.8 Å². The lowest BCUT2D eigenvalue weighted by atomic mass is 10.1. The van der Waals surface area contributed by atoms with Crippen LogP contribution in [0.15, 0.2) is 59.1 Å². The number of amides is 1. The maximum atomic E-state index is 13.4. The van der Waals surface area contributed by atoms with E-state index < -0.39 is 11.7 Å². The number of methoxy groups -OCH3 is 3. The lowest BCUT2D eigenvalue weighted by molar-refractivity contribution is -0.112. The number of hydrogen-bond donors (Lipinski definition) is 2. The van der Waals surface area contributed by atoms with Gasteiger partial charge in [-0.1, -0.05) is 11.6 Å². The van der Waals surface area contributed by atoms with Crippen LogP contribution in [-0.2, 0) is 16.1 Å². The lowest BCUT2D eigenvalue weighted by Crippen LogP contribution is -2.26. The summed E-state index contributed by atoms with van der Waals surface area (Å²) in [6.45, 7) is 2.66. The van der Waals surface area contributed by atoms with Crippen LogP contribution in [-0.4, -0.2) is 49.1 Å². The first kappa shape index (κ1) is 24.2. The molecule has 0 saturated carbocycles. The first-order valence-electron chi connectivity index (χ1n) is 10.8. The van der Waals surface area contributed by atoms with Gasteiger partial charge in [-0.3, -0.25) is 9.59 Å². The van der Waals surface area contributed by atoms with E-state index in [1.165, 1.54) is 19.4 Å². The van der Waals surface area contributed by atoms with Crippen LogP contribution < -0.4 is 20.1 Å². The van der Waals surface area contributed by atoms with Crippen LogP contribution in [0.2, 0.25) is 0 Å². The van der Waals surface area contributed by atoms with E-state index in [9.17, 15) is 9.59 Å². The number of benzene rings is 1. The smallest absolute Gasteiger partial charge is 0.296 e. The number of pyridine rings is 1. The topological polar surface area (TPSA) is 104 Å². The van der Waals surface area contributed by atoms with Crippen molar-refractivity contribution in [1.29, 1.82) is 0 Å². The molecule has 0 spiro atoms. The van der Waals surface area contributed by atoms with E-state index in [1.54, 1.807) is 39.4 Å². The van der Waals surface area contributed by atoms with Crippen LogP contribution in [0.5, 0.6) is 11.6 Å². The largest absolute Gasteiger partial charge is 0.497 e. The third-order valence-electron chi connectivity index (χ3n) is 5.76. The number of nitrogens with zero attached hydrogens (tertiary/aromatic N) is 2. The summed E-state index contributed by atoms with van der Waals surface area (Å²) in [5, 5.41) is 7.14. The minimum absolute atomic E-state index is 0.293. The van der Waals surface area contributed by atoms with Gasteiger partial charge >= 0.3 is 0 Å². The summed E-state index contributed by atoms with van der Waals surface area (Å²) in [5.41, 5.74) is 2.90. The number of Topliss-reactive ketones (excluding diaryl/α,β-unsaturated/α-hetero) is 1. The molecule has 0 atom stereocenters. The highest BCUT2D eigenvalue weighted by atomic mass is 35.5. The van der Waals surface area contributed by atoms with Gasteiger partial charge < -0.3 is 29.4 Å². The van der Waals surface area contributed by atoms with Gasteiger partial charge in [0.05, 0.1) is 45.7 Å². The first-order chi connectivity index (χ1) is 16.9. The molecule has 3 heterocycles. The van der Waals surface area contributed by atoms with Crippen LogP contribution in [0.25, 0.3) is 10.9 Å². The zero-order chi connectivity index (χ0) is 25.1. The number of allylic oxidation sites excluding steroid dienone is 2. The second-order valence-corrected chi connectivity index (χ2v) is 8.28.